The van der Waals surface area contributed by atoms with E-state index in [0.29, 0.717) is 24.8 Å². The maximum absolute atomic E-state index is 11.8. The summed E-state index contributed by atoms with van der Waals surface area (Å²) in [4.78, 5) is 34.4. The van der Waals surface area contributed by atoms with Crippen LogP contribution in [0.4, 0.5) is 0 Å². The average Bonchev–Trinajstić information content (AvgIpc) is 2.60. The molecule has 0 aromatic rings. The normalized spacial score (nSPS) is 31.0. The minimum absolute atomic E-state index is 0.123. The van der Waals surface area contributed by atoms with Crippen molar-refractivity contribution in [2.45, 2.75) is 52.2 Å². The highest BCUT2D eigenvalue weighted by atomic mass is 16.6. The Morgan fingerprint density at radius 1 is 1.41 bits per heavy atom. The molecule has 0 aromatic heterocycles. The lowest BCUT2D eigenvalue weighted by Gasteiger charge is -2.24. The predicted molar refractivity (Wildman–Crippen MR) is 79.8 cm³/mol. The zero-order valence-electron chi connectivity index (χ0n) is 13.3. The van der Waals surface area contributed by atoms with Gasteiger partial charge in [0.25, 0.3) is 0 Å². The molecule has 0 aromatic carbocycles. The predicted octanol–water partition coefficient (Wildman–Crippen LogP) is 2.35. The first-order valence-corrected chi connectivity index (χ1v) is 7.56. The minimum Gasteiger partial charge on any atom is -0.462 e. The van der Waals surface area contributed by atoms with Gasteiger partial charge in [-0.3, -0.25) is 4.79 Å². The summed E-state index contributed by atoms with van der Waals surface area (Å²) < 4.78 is 10.8. The highest BCUT2D eigenvalue weighted by Gasteiger charge is 2.46. The summed E-state index contributed by atoms with van der Waals surface area (Å²) in [5, 5.41) is 0. The Bertz CT molecular complexity index is 545. The van der Waals surface area contributed by atoms with Gasteiger partial charge in [0.15, 0.2) is 0 Å². The van der Waals surface area contributed by atoms with E-state index in [1.807, 2.05) is 13.0 Å². The van der Waals surface area contributed by atoms with Crippen molar-refractivity contribution in [3.63, 3.8) is 0 Å². The Morgan fingerprint density at radius 3 is 2.68 bits per heavy atom. The molecule has 1 aliphatic carbocycles. The lowest BCUT2D eigenvalue weighted by Crippen LogP contribution is -2.31. The summed E-state index contributed by atoms with van der Waals surface area (Å²) in [5.74, 6) is -0.883. The van der Waals surface area contributed by atoms with Crippen molar-refractivity contribution in [3.05, 3.63) is 23.8 Å². The van der Waals surface area contributed by atoms with Crippen molar-refractivity contribution in [2.24, 2.45) is 11.8 Å². The highest BCUT2D eigenvalue weighted by Crippen LogP contribution is 2.40. The second kappa shape index (κ2) is 6.46. The summed E-state index contributed by atoms with van der Waals surface area (Å²) >= 11 is 0. The Balaban J connectivity index is 2.28. The van der Waals surface area contributed by atoms with Gasteiger partial charge in [0.05, 0.1) is 5.92 Å². The second-order valence-electron chi connectivity index (χ2n) is 6.15. The number of ether oxygens (including phenoxy) is 2. The number of hydrogen-bond donors (Lipinski definition) is 0. The third-order valence-corrected chi connectivity index (χ3v) is 4.34. The molecule has 1 saturated heterocycles. The van der Waals surface area contributed by atoms with Gasteiger partial charge in [-0.05, 0) is 31.8 Å². The number of carbonyl (C=O) groups excluding carboxylic acids is 3. The van der Waals surface area contributed by atoms with E-state index in [-0.39, 0.29) is 23.6 Å². The molecule has 1 fully saturated rings. The zero-order valence-corrected chi connectivity index (χ0v) is 13.3. The van der Waals surface area contributed by atoms with Crippen LogP contribution in [0.5, 0.6) is 0 Å². The molecule has 4 atom stereocenters. The first-order valence-electron chi connectivity index (χ1n) is 7.56. The number of carbonyl (C=O) groups is 3. The maximum Gasteiger partial charge on any atom is 0.334 e. The van der Waals surface area contributed by atoms with Crippen LogP contribution in [0.15, 0.2) is 23.8 Å². The number of hydrogen-bond acceptors (Lipinski definition) is 5. The standard InChI is InChI=1S/C17H22O5/c1-9-7-14(21-12(4)19)16-11(3)17(20)22-15(16)8-13(9)6-5-10(2)18/h8-9,14-16H,3,5-7H2,1-2,4H3/t9-,14+,15+,16+/m0/s1. The number of Topliss-reactive ketones (excluding diaryl/α,β-unsaturated/α-hetero) is 1. The summed E-state index contributed by atoms with van der Waals surface area (Å²) in [6.07, 6.45) is 2.72. The fourth-order valence-corrected chi connectivity index (χ4v) is 3.19. The van der Waals surface area contributed by atoms with Gasteiger partial charge in [-0.2, -0.15) is 0 Å². The van der Waals surface area contributed by atoms with E-state index in [1.54, 1.807) is 6.92 Å². The number of fused-ring (bicyclic) bond motifs is 1. The summed E-state index contributed by atoms with van der Waals surface area (Å²) in [6.45, 7) is 8.75. The van der Waals surface area contributed by atoms with Crippen molar-refractivity contribution in [2.75, 3.05) is 0 Å². The Morgan fingerprint density at radius 2 is 2.09 bits per heavy atom. The highest BCUT2D eigenvalue weighted by molar-refractivity contribution is 5.91. The summed E-state index contributed by atoms with van der Waals surface area (Å²) in [6, 6.07) is 0. The van der Waals surface area contributed by atoms with Crippen molar-refractivity contribution in [1.82, 2.24) is 0 Å². The van der Waals surface area contributed by atoms with Crippen LogP contribution in [0.25, 0.3) is 0 Å². The summed E-state index contributed by atoms with van der Waals surface area (Å²) in [5.41, 5.74) is 1.43. The van der Waals surface area contributed by atoms with E-state index < -0.39 is 18.2 Å². The molecule has 2 rings (SSSR count). The molecule has 1 aliphatic heterocycles. The van der Waals surface area contributed by atoms with Crippen LogP contribution in [-0.2, 0) is 23.9 Å². The monoisotopic (exact) mass is 306 g/mol. The fourth-order valence-electron chi connectivity index (χ4n) is 3.19. The van der Waals surface area contributed by atoms with Crippen molar-refractivity contribution in [3.8, 4) is 0 Å². The molecule has 120 valence electrons. The Hall–Kier alpha value is -1.91. The van der Waals surface area contributed by atoms with Crippen LogP contribution in [0, 0.1) is 11.8 Å². The molecular formula is C17H22O5. The van der Waals surface area contributed by atoms with Gasteiger partial charge in [-0.1, -0.05) is 19.1 Å². The zero-order chi connectivity index (χ0) is 16.4. The lowest BCUT2D eigenvalue weighted by atomic mass is 9.88. The molecular weight excluding hydrogens is 284 g/mol. The first kappa shape index (κ1) is 16.5. The summed E-state index contributed by atoms with van der Waals surface area (Å²) in [7, 11) is 0. The van der Waals surface area contributed by atoms with E-state index in [0.717, 1.165) is 5.57 Å². The number of allylic oxidation sites excluding steroid dienone is 1. The van der Waals surface area contributed by atoms with Crippen LogP contribution in [0.3, 0.4) is 0 Å². The van der Waals surface area contributed by atoms with Gasteiger partial charge in [0.2, 0.25) is 0 Å². The quantitative estimate of drug-likeness (QED) is 0.453. The van der Waals surface area contributed by atoms with Crippen LogP contribution >= 0.6 is 0 Å². The molecule has 1 heterocycles. The number of rotatable bonds is 4. The second-order valence-corrected chi connectivity index (χ2v) is 6.15. The molecule has 0 saturated carbocycles. The molecule has 0 unspecified atom stereocenters. The van der Waals surface area contributed by atoms with Crippen molar-refractivity contribution >= 4 is 17.7 Å². The van der Waals surface area contributed by atoms with Crippen LogP contribution in [0.1, 0.15) is 40.0 Å². The smallest absolute Gasteiger partial charge is 0.334 e. The van der Waals surface area contributed by atoms with Gasteiger partial charge >= 0.3 is 11.9 Å². The average molecular weight is 306 g/mol. The third-order valence-electron chi connectivity index (χ3n) is 4.34. The van der Waals surface area contributed by atoms with E-state index >= 15 is 0 Å². The molecule has 22 heavy (non-hydrogen) atoms. The fraction of sp³-hybridized carbons (Fsp3) is 0.588. The molecule has 0 N–H and O–H groups in total. The molecule has 0 radical (unpaired) electrons. The Kier molecular flexibility index (Phi) is 4.84. The van der Waals surface area contributed by atoms with E-state index in [2.05, 4.69) is 6.58 Å². The maximum atomic E-state index is 11.8. The van der Waals surface area contributed by atoms with Crippen molar-refractivity contribution in [1.29, 1.82) is 0 Å². The molecule has 0 amide bonds. The van der Waals surface area contributed by atoms with Crippen LogP contribution < -0.4 is 0 Å². The molecule has 5 heteroatoms. The van der Waals surface area contributed by atoms with Gasteiger partial charge < -0.3 is 14.3 Å². The third kappa shape index (κ3) is 3.46. The van der Waals surface area contributed by atoms with Crippen molar-refractivity contribution < 1.29 is 23.9 Å². The van der Waals surface area contributed by atoms with E-state index in [1.165, 1.54) is 6.92 Å². The Labute approximate surface area is 130 Å². The van der Waals surface area contributed by atoms with Gasteiger partial charge in [-0.25, -0.2) is 4.79 Å². The SMILES string of the molecule is C=C1C(=O)O[C@@H]2C=C(CCC(C)=O)[C@@H](C)C[C@@H](OC(C)=O)[C@@H]12. The number of ketones is 1. The topological polar surface area (TPSA) is 69.7 Å². The molecule has 2 aliphatic rings. The lowest BCUT2D eigenvalue weighted by molar-refractivity contribution is -0.149. The van der Waals surface area contributed by atoms with Gasteiger partial charge in [0.1, 0.15) is 18.0 Å². The largest absolute Gasteiger partial charge is 0.462 e. The van der Waals surface area contributed by atoms with Crippen LogP contribution in [0.2, 0.25) is 0 Å². The van der Waals surface area contributed by atoms with Crippen LogP contribution in [-0.4, -0.2) is 29.9 Å². The molecule has 0 spiro atoms. The minimum atomic E-state index is -0.462. The molecule has 0 bridgehead atoms. The van der Waals surface area contributed by atoms with E-state index in [9.17, 15) is 14.4 Å². The number of esters is 2. The first-order chi connectivity index (χ1) is 10.3. The molecule has 5 nitrogen and oxygen atoms in total. The van der Waals surface area contributed by atoms with E-state index in [4.69, 9.17) is 9.47 Å². The van der Waals surface area contributed by atoms with Gasteiger partial charge in [0, 0.05) is 18.9 Å². The van der Waals surface area contributed by atoms with Gasteiger partial charge in [-0.15, -0.1) is 0 Å².